The van der Waals surface area contributed by atoms with Crippen LogP contribution >= 0.6 is 11.3 Å². The molecule has 0 aliphatic rings. The molecule has 170 valence electrons. The van der Waals surface area contributed by atoms with E-state index in [0.29, 0.717) is 16.8 Å². The highest BCUT2D eigenvalue weighted by Crippen LogP contribution is 2.20. The highest BCUT2D eigenvalue weighted by molar-refractivity contribution is 7.17. The molecule has 7 nitrogen and oxygen atoms in total. The van der Waals surface area contributed by atoms with Crippen LogP contribution in [0.25, 0.3) is 10.2 Å². The van der Waals surface area contributed by atoms with Gasteiger partial charge in [0.1, 0.15) is 17.0 Å². The number of anilines is 1. The molecular weight excluding hydrogens is 438 g/mol. The molecule has 2 heterocycles. The van der Waals surface area contributed by atoms with E-state index in [1.54, 1.807) is 11.4 Å². The predicted octanol–water partition coefficient (Wildman–Crippen LogP) is 3.93. The molecule has 4 rings (SSSR count). The third kappa shape index (κ3) is 4.61. The number of ether oxygens (including phenoxy) is 1. The third-order valence-electron chi connectivity index (χ3n) is 5.46. The Hall–Kier alpha value is -3.65. The second-order valence-electron chi connectivity index (χ2n) is 7.79. The second kappa shape index (κ2) is 9.46. The van der Waals surface area contributed by atoms with Crippen molar-refractivity contribution in [1.29, 1.82) is 0 Å². The summed E-state index contributed by atoms with van der Waals surface area (Å²) in [6.07, 6.45) is 0. The largest absolute Gasteiger partial charge is 0.494 e. The fraction of sp³-hybridized carbons (Fsp3) is 0.240. The lowest BCUT2D eigenvalue weighted by molar-refractivity contribution is -0.116. The maximum absolute atomic E-state index is 13.3. The van der Waals surface area contributed by atoms with Crippen molar-refractivity contribution in [2.75, 3.05) is 11.9 Å². The van der Waals surface area contributed by atoms with Gasteiger partial charge in [-0.3, -0.25) is 18.7 Å². The highest BCUT2D eigenvalue weighted by atomic mass is 32.1. The van der Waals surface area contributed by atoms with Crippen LogP contribution in [0.5, 0.6) is 5.75 Å². The van der Waals surface area contributed by atoms with Crippen LogP contribution in [0.2, 0.25) is 0 Å². The van der Waals surface area contributed by atoms with E-state index in [9.17, 15) is 14.4 Å². The van der Waals surface area contributed by atoms with E-state index in [2.05, 4.69) is 5.32 Å². The van der Waals surface area contributed by atoms with Crippen molar-refractivity contribution < 1.29 is 9.53 Å². The van der Waals surface area contributed by atoms with Gasteiger partial charge in [-0.2, -0.15) is 0 Å². The lowest BCUT2D eigenvalue weighted by Gasteiger charge is -2.14. The molecule has 8 heteroatoms. The number of carbonyl (C=O) groups excluding carboxylic acids is 1. The van der Waals surface area contributed by atoms with Crippen molar-refractivity contribution >= 4 is 33.1 Å². The van der Waals surface area contributed by atoms with Crippen molar-refractivity contribution in [2.24, 2.45) is 0 Å². The highest BCUT2D eigenvalue weighted by Gasteiger charge is 2.17. The summed E-state index contributed by atoms with van der Waals surface area (Å²) in [6, 6.07) is 14.7. The number of aromatic nitrogens is 2. The molecule has 0 atom stereocenters. The first-order valence-corrected chi connectivity index (χ1v) is 11.6. The third-order valence-corrected chi connectivity index (χ3v) is 6.35. The number of nitrogens with zero attached hydrogens (tertiary/aromatic N) is 2. The first-order valence-electron chi connectivity index (χ1n) is 10.7. The molecule has 0 radical (unpaired) electrons. The fourth-order valence-electron chi connectivity index (χ4n) is 3.80. The van der Waals surface area contributed by atoms with E-state index in [4.69, 9.17) is 4.74 Å². The van der Waals surface area contributed by atoms with Gasteiger partial charge in [0, 0.05) is 5.69 Å². The van der Waals surface area contributed by atoms with Crippen molar-refractivity contribution in [3.8, 4) is 5.75 Å². The topological polar surface area (TPSA) is 82.3 Å². The Labute approximate surface area is 194 Å². The second-order valence-corrected chi connectivity index (χ2v) is 8.70. The molecule has 0 fully saturated rings. The first-order chi connectivity index (χ1) is 15.9. The lowest BCUT2D eigenvalue weighted by Crippen LogP contribution is -2.41. The van der Waals surface area contributed by atoms with Crippen molar-refractivity contribution in [1.82, 2.24) is 9.13 Å². The number of benzene rings is 2. The number of fused-ring (bicyclic) bond motifs is 1. The van der Waals surface area contributed by atoms with Gasteiger partial charge < -0.3 is 10.1 Å². The normalized spacial score (nSPS) is 11.0. The maximum atomic E-state index is 13.3. The maximum Gasteiger partial charge on any atom is 0.332 e. The zero-order valence-electron chi connectivity index (χ0n) is 18.8. The number of hydrogen-bond acceptors (Lipinski definition) is 5. The van der Waals surface area contributed by atoms with Crippen LogP contribution in [0.4, 0.5) is 5.69 Å². The van der Waals surface area contributed by atoms with E-state index >= 15 is 0 Å². The first kappa shape index (κ1) is 22.5. The summed E-state index contributed by atoms with van der Waals surface area (Å²) in [5.41, 5.74) is 3.00. The number of para-hydroxylation sites is 1. The molecule has 0 saturated carbocycles. The molecule has 0 spiro atoms. The minimum atomic E-state index is -0.517. The summed E-state index contributed by atoms with van der Waals surface area (Å²) >= 11 is 1.26. The summed E-state index contributed by atoms with van der Waals surface area (Å²) in [5, 5.41) is 4.67. The molecule has 1 amide bonds. The van der Waals surface area contributed by atoms with E-state index in [0.717, 1.165) is 28.1 Å². The SMILES string of the molecule is CCOc1ccc(Cn2c(=O)c3sccc3n(CC(=O)Nc3c(C)cccc3C)c2=O)cc1. The number of thiophene rings is 1. The fourth-order valence-corrected chi connectivity index (χ4v) is 4.64. The number of hydrogen-bond donors (Lipinski definition) is 1. The zero-order chi connectivity index (χ0) is 23.5. The van der Waals surface area contributed by atoms with Crippen LogP contribution in [0, 0.1) is 13.8 Å². The number of carbonyl (C=O) groups is 1. The van der Waals surface area contributed by atoms with Crippen LogP contribution in [-0.4, -0.2) is 21.6 Å². The number of amides is 1. The molecule has 1 N–H and O–H groups in total. The van der Waals surface area contributed by atoms with Gasteiger partial charge >= 0.3 is 5.69 Å². The monoisotopic (exact) mass is 463 g/mol. The average molecular weight is 464 g/mol. The minimum Gasteiger partial charge on any atom is -0.494 e. The van der Waals surface area contributed by atoms with E-state index in [1.807, 2.05) is 63.2 Å². The van der Waals surface area contributed by atoms with E-state index < -0.39 is 5.69 Å². The summed E-state index contributed by atoms with van der Waals surface area (Å²) in [5.74, 6) is 0.399. The van der Waals surface area contributed by atoms with Crippen LogP contribution in [-0.2, 0) is 17.9 Å². The van der Waals surface area contributed by atoms with E-state index in [1.165, 1.54) is 20.5 Å². The average Bonchev–Trinajstić information content (AvgIpc) is 3.28. The lowest BCUT2D eigenvalue weighted by atomic mass is 10.1. The molecule has 0 saturated heterocycles. The Bertz CT molecular complexity index is 1410. The van der Waals surface area contributed by atoms with Crippen LogP contribution < -0.4 is 21.3 Å². The van der Waals surface area contributed by atoms with Gasteiger partial charge in [0.25, 0.3) is 5.56 Å². The van der Waals surface area contributed by atoms with Gasteiger partial charge in [0.2, 0.25) is 5.91 Å². The summed E-state index contributed by atoms with van der Waals surface area (Å²) < 4.78 is 8.45. The zero-order valence-corrected chi connectivity index (χ0v) is 19.6. The summed E-state index contributed by atoms with van der Waals surface area (Å²) in [7, 11) is 0. The number of rotatable bonds is 7. The Morgan fingerprint density at radius 3 is 2.36 bits per heavy atom. The molecule has 33 heavy (non-hydrogen) atoms. The molecule has 4 aromatic rings. The molecule has 0 aliphatic heterocycles. The summed E-state index contributed by atoms with van der Waals surface area (Å²) in [4.78, 5) is 39.2. The Kier molecular flexibility index (Phi) is 6.46. The van der Waals surface area contributed by atoms with Crippen LogP contribution in [0.1, 0.15) is 23.6 Å². The predicted molar refractivity (Wildman–Crippen MR) is 132 cm³/mol. The van der Waals surface area contributed by atoms with Gasteiger partial charge in [-0.25, -0.2) is 4.79 Å². The molecule has 0 unspecified atom stereocenters. The van der Waals surface area contributed by atoms with E-state index in [-0.39, 0.29) is 24.6 Å². The van der Waals surface area contributed by atoms with Gasteiger partial charge in [-0.15, -0.1) is 11.3 Å². The van der Waals surface area contributed by atoms with Crippen LogP contribution in [0.3, 0.4) is 0 Å². The van der Waals surface area contributed by atoms with Gasteiger partial charge in [0.05, 0.1) is 18.7 Å². The molecule has 0 bridgehead atoms. The van der Waals surface area contributed by atoms with Gasteiger partial charge in [-0.05, 0) is 61.0 Å². The molecule has 2 aromatic heterocycles. The Morgan fingerprint density at radius 2 is 1.70 bits per heavy atom. The smallest absolute Gasteiger partial charge is 0.332 e. The van der Waals surface area contributed by atoms with Crippen molar-refractivity contribution in [3.63, 3.8) is 0 Å². The van der Waals surface area contributed by atoms with Gasteiger partial charge in [-0.1, -0.05) is 30.3 Å². The van der Waals surface area contributed by atoms with Crippen molar-refractivity contribution in [2.45, 2.75) is 33.9 Å². The molecular formula is C25H25N3O4S. The van der Waals surface area contributed by atoms with Gasteiger partial charge in [0.15, 0.2) is 0 Å². The number of aryl methyl sites for hydroxylation is 2. The van der Waals surface area contributed by atoms with Crippen LogP contribution in [0.15, 0.2) is 63.5 Å². The number of nitrogens with one attached hydrogen (secondary N) is 1. The molecule has 2 aromatic carbocycles. The Balaban J connectivity index is 1.68. The van der Waals surface area contributed by atoms with Crippen molar-refractivity contribution in [3.05, 3.63) is 91.4 Å². The minimum absolute atomic E-state index is 0.108. The quantitative estimate of drug-likeness (QED) is 0.450. The Morgan fingerprint density at radius 1 is 1.00 bits per heavy atom. The molecule has 0 aliphatic carbocycles. The summed E-state index contributed by atoms with van der Waals surface area (Å²) in [6.45, 7) is 6.22. The standard InChI is InChI=1S/C25H25N3O4S/c1-4-32-19-10-8-18(9-11-19)14-28-24(30)23-20(12-13-33-23)27(25(28)31)15-21(29)26-22-16(2)6-5-7-17(22)3/h5-13H,4,14-15H2,1-3H3,(H,26,29).